The molecule has 1 atom stereocenters. The zero-order valence-electron chi connectivity index (χ0n) is 12.2. The molecule has 0 saturated carbocycles. The Bertz CT molecular complexity index is 457. The van der Waals surface area contributed by atoms with Crippen molar-refractivity contribution >= 4 is 5.95 Å². The number of piperazine rings is 1. The minimum absolute atomic E-state index is 0.0193. The summed E-state index contributed by atoms with van der Waals surface area (Å²) in [5.41, 5.74) is -0.924. The van der Waals surface area contributed by atoms with E-state index in [-0.39, 0.29) is 12.0 Å². The van der Waals surface area contributed by atoms with E-state index in [0.717, 1.165) is 38.4 Å². The van der Waals surface area contributed by atoms with E-state index >= 15 is 0 Å². The fraction of sp³-hybridized carbons (Fsp3) is 0.692. The van der Waals surface area contributed by atoms with Crippen LogP contribution in [-0.4, -0.2) is 65.6 Å². The normalized spacial score (nSPS) is 19.5. The van der Waals surface area contributed by atoms with Gasteiger partial charge in [0, 0.05) is 45.0 Å². The largest absolute Gasteiger partial charge is 0.433 e. The Balaban J connectivity index is 1.88. The van der Waals surface area contributed by atoms with Crippen LogP contribution in [0.4, 0.5) is 19.1 Å². The van der Waals surface area contributed by atoms with Crippen LogP contribution in [0.5, 0.6) is 0 Å². The molecule has 21 heavy (non-hydrogen) atoms. The number of hydrogen-bond donors (Lipinski definition) is 1. The molecular weight excluding hydrogens is 283 g/mol. The Morgan fingerprint density at radius 1 is 1.29 bits per heavy atom. The highest BCUT2D eigenvalue weighted by molar-refractivity contribution is 5.26. The van der Waals surface area contributed by atoms with E-state index in [1.54, 1.807) is 0 Å². The molecular formula is C13H20F3N5. The summed E-state index contributed by atoms with van der Waals surface area (Å²) in [5, 5.41) is 2.89. The number of rotatable bonds is 4. The van der Waals surface area contributed by atoms with Crippen LogP contribution in [0.1, 0.15) is 12.6 Å². The first-order chi connectivity index (χ1) is 9.86. The summed E-state index contributed by atoms with van der Waals surface area (Å²) in [7, 11) is 2.08. The van der Waals surface area contributed by atoms with E-state index in [4.69, 9.17) is 0 Å². The molecule has 1 aliphatic rings. The van der Waals surface area contributed by atoms with Crippen molar-refractivity contribution < 1.29 is 13.2 Å². The molecule has 2 heterocycles. The summed E-state index contributed by atoms with van der Waals surface area (Å²) in [5.74, 6) is 0.0193. The van der Waals surface area contributed by atoms with Gasteiger partial charge in [0.05, 0.1) is 0 Å². The van der Waals surface area contributed by atoms with Gasteiger partial charge in [-0.2, -0.15) is 13.2 Å². The van der Waals surface area contributed by atoms with Crippen LogP contribution in [0.2, 0.25) is 0 Å². The van der Waals surface area contributed by atoms with Crippen LogP contribution in [0.25, 0.3) is 0 Å². The second kappa shape index (κ2) is 6.57. The summed E-state index contributed by atoms with van der Waals surface area (Å²) in [6.07, 6.45) is -3.32. The van der Waals surface area contributed by atoms with Crippen LogP contribution in [0.15, 0.2) is 12.3 Å². The first kappa shape index (κ1) is 16.0. The lowest BCUT2D eigenvalue weighted by molar-refractivity contribution is -0.141. The predicted molar refractivity (Wildman–Crippen MR) is 74.1 cm³/mol. The van der Waals surface area contributed by atoms with E-state index in [9.17, 15) is 13.2 Å². The fourth-order valence-corrected chi connectivity index (χ4v) is 2.23. The number of anilines is 1. The quantitative estimate of drug-likeness (QED) is 0.914. The second-order valence-electron chi connectivity index (χ2n) is 5.33. The van der Waals surface area contributed by atoms with Crippen molar-refractivity contribution in [2.75, 3.05) is 45.1 Å². The van der Waals surface area contributed by atoms with Gasteiger partial charge in [-0.1, -0.05) is 0 Å². The highest BCUT2D eigenvalue weighted by Crippen LogP contribution is 2.27. The Labute approximate surface area is 122 Å². The van der Waals surface area contributed by atoms with Crippen LogP contribution in [-0.2, 0) is 6.18 Å². The molecule has 0 spiro atoms. The molecule has 118 valence electrons. The van der Waals surface area contributed by atoms with Crippen molar-refractivity contribution in [1.82, 2.24) is 19.8 Å². The number of hydrogen-bond acceptors (Lipinski definition) is 5. The second-order valence-corrected chi connectivity index (χ2v) is 5.33. The Hall–Kier alpha value is -1.41. The van der Waals surface area contributed by atoms with E-state index < -0.39 is 11.9 Å². The predicted octanol–water partition coefficient (Wildman–Crippen LogP) is 1.54. The Morgan fingerprint density at radius 2 is 1.95 bits per heavy atom. The minimum atomic E-state index is -4.44. The monoisotopic (exact) mass is 303 g/mol. The standard InChI is InChI=1S/C13H20F3N5/c1-10(21-7-5-20(2)6-8-21)9-18-12-17-4-3-11(19-12)13(14,15)16/h3-4,10H,5-9H2,1-2H3,(H,17,18,19). The van der Waals surface area contributed by atoms with Crippen molar-refractivity contribution in [3.63, 3.8) is 0 Å². The van der Waals surface area contributed by atoms with E-state index in [2.05, 4.69) is 32.1 Å². The third-order valence-corrected chi connectivity index (χ3v) is 3.66. The molecule has 1 aliphatic heterocycles. The van der Waals surface area contributed by atoms with E-state index in [1.807, 2.05) is 6.92 Å². The van der Waals surface area contributed by atoms with Gasteiger partial charge in [0.25, 0.3) is 0 Å². The molecule has 0 aromatic carbocycles. The molecule has 0 amide bonds. The van der Waals surface area contributed by atoms with Gasteiger partial charge in [0.15, 0.2) is 0 Å². The van der Waals surface area contributed by atoms with Crippen molar-refractivity contribution in [2.45, 2.75) is 19.1 Å². The molecule has 5 nitrogen and oxygen atoms in total. The summed E-state index contributed by atoms with van der Waals surface area (Å²) in [6, 6.07) is 1.09. The SMILES string of the molecule is CC(CNc1nccc(C(F)(F)F)n1)N1CCN(C)CC1. The van der Waals surface area contributed by atoms with Crippen molar-refractivity contribution in [2.24, 2.45) is 0 Å². The van der Waals surface area contributed by atoms with Crippen LogP contribution in [0.3, 0.4) is 0 Å². The van der Waals surface area contributed by atoms with E-state index in [1.165, 1.54) is 0 Å². The molecule has 1 unspecified atom stereocenters. The summed E-state index contributed by atoms with van der Waals surface area (Å²) in [4.78, 5) is 11.9. The Morgan fingerprint density at radius 3 is 2.57 bits per heavy atom. The van der Waals surface area contributed by atoms with Crippen LogP contribution in [0, 0.1) is 0 Å². The molecule has 0 aliphatic carbocycles. The molecule has 1 aromatic heterocycles. The van der Waals surface area contributed by atoms with Gasteiger partial charge in [0.2, 0.25) is 5.95 Å². The molecule has 1 N–H and O–H groups in total. The van der Waals surface area contributed by atoms with Gasteiger partial charge in [-0.3, -0.25) is 4.90 Å². The highest BCUT2D eigenvalue weighted by atomic mass is 19.4. The lowest BCUT2D eigenvalue weighted by Crippen LogP contribution is -2.50. The van der Waals surface area contributed by atoms with Crippen molar-refractivity contribution in [3.05, 3.63) is 18.0 Å². The zero-order chi connectivity index (χ0) is 15.5. The lowest BCUT2D eigenvalue weighted by atomic mass is 10.2. The number of alkyl halides is 3. The lowest BCUT2D eigenvalue weighted by Gasteiger charge is -2.36. The zero-order valence-corrected chi connectivity index (χ0v) is 12.2. The molecule has 8 heteroatoms. The number of nitrogens with zero attached hydrogens (tertiary/aromatic N) is 4. The molecule has 0 bridgehead atoms. The molecule has 1 aromatic rings. The first-order valence-corrected chi connectivity index (χ1v) is 6.93. The van der Waals surface area contributed by atoms with Crippen LogP contribution >= 0.6 is 0 Å². The average molecular weight is 303 g/mol. The summed E-state index contributed by atoms with van der Waals surface area (Å²) < 4.78 is 37.7. The van der Waals surface area contributed by atoms with E-state index in [0.29, 0.717) is 6.54 Å². The van der Waals surface area contributed by atoms with Gasteiger partial charge in [-0.25, -0.2) is 9.97 Å². The summed E-state index contributed by atoms with van der Waals surface area (Å²) in [6.45, 7) is 6.50. The fourth-order valence-electron chi connectivity index (χ4n) is 2.23. The molecule has 0 radical (unpaired) electrons. The first-order valence-electron chi connectivity index (χ1n) is 6.93. The molecule has 2 rings (SSSR count). The molecule has 1 fully saturated rings. The maximum absolute atomic E-state index is 12.6. The number of nitrogens with one attached hydrogen (secondary N) is 1. The van der Waals surface area contributed by atoms with Gasteiger partial charge in [-0.05, 0) is 20.0 Å². The van der Waals surface area contributed by atoms with Gasteiger partial charge in [0.1, 0.15) is 5.69 Å². The number of likely N-dealkylation sites (N-methyl/N-ethyl adjacent to an activating group) is 1. The maximum atomic E-state index is 12.6. The third kappa shape index (κ3) is 4.53. The van der Waals surface area contributed by atoms with Gasteiger partial charge in [-0.15, -0.1) is 0 Å². The Kier molecular flexibility index (Phi) is 5.00. The summed E-state index contributed by atoms with van der Waals surface area (Å²) >= 11 is 0. The molecule has 1 saturated heterocycles. The van der Waals surface area contributed by atoms with Gasteiger partial charge >= 0.3 is 6.18 Å². The highest BCUT2D eigenvalue weighted by Gasteiger charge is 2.32. The van der Waals surface area contributed by atoms with Gasteiger partial charge < -0.3 is 10.2 Å². The topological polar surface area (TPSA) is 44.3 Å². The average Bonchev–Trinajstić information content (AvgIpc) is 2.45. The van der Waals surface area contributed by atoms with Crippen molar-refractivity contribution in [3.8, 4) is 0 Å². The third-order valence-electron chi connectivity index (χ3n) is 3.66. The maximum Gasteiger partial charge on any atom is 0.433 e. The van der Waals surface area contributed by atoms with Crippen LogP contribution < -0.4 is 5.32 Å². The number of halogens is 3. The minimum Gasteiger partial charge on any atom is -0.353 e. The smallest absolute Gasteiger partial charge is 0.353 e. The number of aromatic nitrogens is 2. The van der Waals surface area contributed by atoms with Crippen molar-refractivity contribution in [1.29, 1.82) is 0 Å².